The molecule has 0 amide bonds. The molecule has 2 N–H and O–H groups in total. The van der Waals surface area contributed by atoms with Crippen LogP contribution in [0.1, 0.15) is 39.7 Å². The maximum atomic E-state index is 11.1. The number of aromatic nitrogens is 5. The lowest BCUT2D eigenvalue weighted by molar-refractivity contribution is -0.285. The molecule has 2 aliphatic rings. The molecule has 0 radical (unpaired) electrons. The second-order valence-electron chi connectivity index (χ2n) is 7.61. The van der Waals surface area contributed by atoms with Gasteiger partial charge in [-0.1, -0.05) is 23.9 Å². The van der Waals surface area contributed by atoms with Gasteiger partial charge in [-0.25, -0.2) is 19.4 Å². The zero-order valence-electron chi connectivity index (χ0n) is 16.6. The van der Waals surface area contributed by atoms with Crippen LogP contribution in [0.4, 0.5) is 0 Å². The lowest BCUT2D eigenvalue weighted by Gasteiger charge is -2.30. The van der Waals surface area contributed by atoms with Crippen LogP contribution in [0, 0.1) is 0 Å². The van der Waals surface area contributed by atoms with Crippen molar-refractivity contribution in [3.63, 3.8) is 0 Å². The Bertz CT molecular complexity index is 974. The van der Waals surface area contributed by atoms with Gasteiger partial charge in [-0.05, 0) is 36.2 Å². The fourth-order valence-corrected chi connectivity index (χ4v) is 5.08. The number of hydrogen-bond acceptors (Lipinski definition) is 10. The smallest absolute Gasteiger partial charge is 0.329 e. The van der Waals surface area contributed by atoms with Crippen molar-refractivity contribution in [3.8, 4) is 0 Å². The number of aliphatic hydroxyl groups excluding tert-OH is 1. The molecule has 2 aromatic heterocycles. The molecule has 1 saturated heterocycles. The zero-order valence-corrected chi connectivity index (χ0v) is 19.0. The molecule has 3 heterocycles. The minimum Gasteiger partial charge on any atom is -0.480 e. The van der Waals surface area contributed by atoms with Crippen LogP contribution in [0.5, 0.6) is 0 Å². The Morgan fingerprint density at radius 3 is 2.90 bits per heavy atom. The Balaban J connectivity index is 1.74. The summed E-state index contributed by atoms with van der Waals surface area (Å²) in [4.78, 5) is 20.1. The lowest BCUT2D eigenvalue weighted by atomic mass is 10.1. The fourth-order valence-electron chi connectivity index (χ4n) is 3.85. The zero-order chi connectivity index (χ0) is 21.7. The van der Waals surface area contributed by atoms with E-state index in [4.69, 9.17) is 19.3 Å². The summed E-state index contributed by atoms with van der Waals surface area (Å²) in [5.41, 5.74) is 0.961. The standard InChI is InChI=1S/C17H22BrN5O6S/c1-4-5-30-15-19-13(18)11-14(20-15)23(22-21-11)8-6-9(24)17(27-7-10(25)26)12(8)28-16(2,3)29-17/h8-9,12,24H,4-7H2,1-3H3,(H,25,26)/t8-,9+,12+,17-/m1/s1. The molecule has 2 fully saturated rings. The number of carboxylic acid groups (broad SMARTS) is 1. The Morgan fingerprint density at radius 2 is 2.20 bits per heavy atom. The van der Waals surface area contributed by atoms with E-state index in [1.807, 2.05) is 0 Å². The molecule has 4 rings (SSSR count). The number of aliphatic carboxylic acids is 1. The molecule has 11 nitrogen and oxygen atoms in total. The third-order valence-electron chi connectivity index (χ3n) is 4.92. The van der Waals surface area contributed by atoms with Crippen LogP contribution in [0.2, 0.25) is 0 Å². The molecule has 1 saturated carbocycles. The summed E-state index contributed by atoms with van der Waals surface area (Å²) in [6.45, 7) is 4.79. The number of carbonyl (C=O) groups is 1. The normalized spacial score (nSPS) is 30.1. The van der Waals surface area contributed by atoms with Crippen LogP contribution in [0.25, 0.3) is 11.2 Å². The van der Waals surface area contributed by atoms with E-state index < -0.39 is 42.4 Å². The minimum atomic E-state index is -1.63. The van der Waals surface area contributed by atoms with E-state index in [-0.39, 0.29) is 6.42 Å². The molecule has 164 valence electrons. The average Bonchev–Trinajstić information content (AvgIpc) is 3.28. The molecule has 30 heavy (non-hydrogen) atoms. The highest BCUT2D eigenvalue weighted by Crippen LogP contribution is 2.52. The van der Waals surface area contributed by atoms with Gasteiger partial charge in [-0.3, -0.25) is 0 Å². The molecule has 1 aliphatic carbocycles. The number of hydrogen-bond donors (Lipinski definition) is 2. The molecule has 0 spiro atoms. The van der Waals surface area contributed by atoms with Crippen LogP contribution in [0.15, 0.2) is 9.76 Å². The number of halogens is 1. The largest absolute Gasteiger partial charge is 0.480 e. The summed E-state index contributed by atoms with van der Waals surface area (Å²) in [6.07, 6.45) is -0.807. The van der Waals surface area contributed by atoms with Crippen LogP contribution < -0.4 is 0 Å². The van der Waals surface area contributed by atoms with Crippen LogP contribution >= 0.6 is 27.7 Å². The highest BCUT2D eigenvalue weighted by Gasteiger charge is 2.67. The Hall–Kier alpha value is -1.38. The Kier molecular flexibility index (Phi) is 5.79. The molecule has 4 atom stereocenters. The lowest BCUT2D eigenvalue weighted by Crippen LogP contribution is -2.49. The summed E-state index contributed by atoms with van der Waals surface area (Å²) in [7, 11) is 0. The highest BCUT2D eigenvalue weighted by atomic mass is 79.9. The first kappa shape index (κ1) is 21.8. The van der Waals surface area contributed by atoms with Gasteiger partial charge in [-0.15, -0.1) is 5.10 Å². The van der Waals surface area contributed by atoms with Gasteiger partial charge in [0.2, 0.25) is 5.79 Å². The van der Waals surface area contributed by atoms with E-state index in [0.717, 1.165) is 12.2 Å². The quantitative estimate of drug-likeness (QED) is 0.324. The van der Waals surface area contributed by atoms with E-state index in [1.165, 1.54) is 11.8 Å². The van der Waals surface area contributed by atoms with Gasteiger partial charge >= 0.3 is 5.97 Å². The van der Waals surface area contributed by atoms with E-state index >= 15 is 0 Å². The molecular weight excluding hydrogens is 482 g/mol. The van der Waals surface area contributed by atoms with Gasteiger partial charge in [0.1, 0.15) is 23.4 Å². The first-order valence-corrected chi connectivity index (χ1v) is 11.3. The summed E-state index contributed by atoms with van der Waals surface area (Å²) in [6, 6.07) is -0.536. The van der Waals surface area contributed by atoms with Crippen molar-refractivity contribution in [1.82, 2.24) is 25.0 Å². The number of ether oxygens (including phenoxy) is 3. The van der Waals surface area contributed by atoms with Gasteiger partial charge in [0, 0.05) is 12.2 Å². The Labute approximate surface area is 184 Å². The van der Waals surface area contributed by atoms with Crippen molar-refractivity contribution < 1.29 is 29.2 Å². The van der Waals surface area contributed by atoms with Gasteiger partial charge in [0.25, 0.3) is 0 Å². The summed E-state index contributed by atoms with van der Waals surface area (Å²) in [5.74, 6) is -3.03. The fraction of sp³-hybridized carbons (Fsp3) is 0.706. The van der Waals surface area contributed by atoms with E-state index in [0.29, 0.717) is 20.9 Å². The third kappa shape index (κ3) is 3.71. The number of aliphatic hydroxyl groups is 1. The predicted octanol–water partition coefficient (Wildman–Crippen LogP) is 1.74. The summed E-state index contributed by atoms with van der Waals surface area (Å²) >= 11 is 4.94. The van der Waals surface area contributed by atoms with Crippen molar-refractivity contribution in [2.24, 2.45) is 0 Å². The first-order valence-electron chi connectivity index (χ1n) is 9.50. The van der Waals surface area contributed by atoms with Gasteiger partial charge in [0.15, 0.2) is 22.1 Å². The van der Waals surface area contributed by atoms with Crippen molar-refractivity contribution in [3.05, 3.63) is 4.60 Å². The monoisotopic (exact) mass is 503 g/mol. The van der Waals surface area contributed by atoms with E-state index in [2.05, 4.69) is 43.1 Å². The molecule has 13 heteroatoms. The Morgan fingerprint density at radius 1 is 1.43 bits per heavy atom. The van der Waals surface area contributed by atoms with Gasteiger partial charge in [0.05, 0.1) is 6.04 Å². The molecule has 0 unspecified atom stereocenters. The van der Waals surface area contributed by atoms with Crippen LogP contribution in [-0.4, -0.2) is 77.3 Å². The minimum absolute atomic E-state index is 0.165. The number of carboxylic acids is 1. The SMILES string of the molecule is CCCSc1nc(Br)c2nnn([C@@H]3C[C@H](O)[C@@]4(OCC(=O)O)OC(C)(C)O[C@@H]34)c2n1. The van der Waals surface area contributed by atoms with Crippen molar-refractivity contribution in [2.45, 2.75) is 68.6 Å². The van der Waals surface area contributed by atoms with Gasteiger partial charge < -0.3 is 24.4 Å². The molecule has 0 bridgehead atoms. The maximum absolute atomic E-state index is 11.1. The number of fused-ring (bicyclic) bond motifs is 2. The molecular formula is C17H22BrN5O6S. The maximum Gasteiger partial charge on any atom is 0.329 e. The topological polar surface area (TPSA) is 142 Å². The van der Waals surface area contributed by atoms with E-state index in [1.54, 1.807) is 18.5 Å². The van der Waals surface area contributed by atoms with Crippen LogP contribution in [0.3, 0.4) is 0 Å². The van der Waals surface area contributed by atoms with Crippen molar-refractivity contribution >= 4 is 44.8 Å². The van der Waals surface area contributed by atoms with Crippen molar-refractivity contribution in [2.75, 3.05) is 12.4 Å². The summed E-state index contributed by atoms with van der Waals surface area (Å²) in [5, 5.41) is 28.9. The number of rotatable bonds is 7. The summed E-state index contributed by atoms with van der Waals surface area (Å²) < 4.78 is 19.6. The van der Waals surface area contributed by atoms with E-state index in [9.17, 15) is 9.90 Å². The second kappa shape index (κ2) is 7.95. The molecule has 0 aromatic carbocycles. The highest BCUT2D eigenvalue weighted by molar-refractivity contribution is 9.10. The van der Waals surface area contributed by atoms with Crippen molar-refractivity contribution in [1.29, 1.82) is 0 Å². The number of thioether (sulfide) groups is 1. The third-order valence-corrected chi connectivity index (χ3v) is 6.53. The molecule has 1 aliphatic heterocycles. The average molecular weight is 504 g/mol. The number of nitrogens with zero attached hydrogens (tertiary/aromatic N) is 5. The van der Waals surface area contributed by atoms with Gasteiger partial charge in [-0.2, -0.15) is 0 Å². The van der Waals surface area contributed by atoms with Crippen LogP contribution in [-0.2, 0) is 19.0 Å². The second-order valence-corrected chi connectivity index (χ2v) is 9.43. The molecule has 2 aromatic rings. The predicted molar refractivity (Wildman–Crippen MR) is 108 cm³/mol. The first-order chi connectivity index (χ1) is 14.2.